The van der Waals surface area contributed by atoms with E-state index in [1.54, 1.807) is 0 Å². The molecular weight excluding hydrogens is 256 g/mol. The van der Waals surface area contributed by atoms with Crippen molar-refractivity contribution >= 4 is 11.9 Å². The molecule has 0 spiro atoms. The molecule has 0 unspecified atom stereocenters. The Labute approximate surface area is 108 Å². The van der Waals surface area contributed by atoms with Crippen molar-refractivity contribution < 1.29 is 23.5 Å². The number of carbonyl (C=O) groups excluding carboxylic acids is 1. The Kier molecular flexibility index (Phi) is 5.17. The van der Waals surface area contributed by atoms with Crippen molar-refractivity contribution in [3.05, 3.63) is 48.1 Å². The highest BCUT2D eigenvalue weighted by atomic mass is 19.2. The van der Waals surface area contributed by atoms with Crippen molar-refractivity contribution in [3.63, 3.8) is 0 Å². The monoisotopic (exact) mass is 269 g/mol. The lowest BCUT2D eigenvalue weighted by molar-refractivity contribution is -0.139. The molecule has 0 saturated carbocycles. The van der Waals surface area contributed by atoms with E-state index < -0.39 is 35.1 Å². The summed E-state index contributed by atoms with van der Waals surface area (Å²) in [7, 11) is 0. The normalized spacial score (nSPS) is 11.7. The summed E-state index contributed by atoms with van der Waals surface area (Å²) in [5.74, 6) is -4.67. The third kappa shape index (κ3) is 3.87. The number of amides is 1. The summed E-state index contributed by atoms with van der Waals surface area (Å²) in [4.78, 5) is 22.6. The van der Waals surface area contributed by atoms with E-state index in [1.165, 1.54) is 12.1 Å². The average Bonchev–Trinajstić information content (AvgIpc) is 2.37. The van der Waals surface area contributed by atoms with Gasteiger partial charge in [-0.2, -0.15) is 0 Å². The van der Waals surface area contributed by atoms with Gasteiger partial charge in [0, 0.05) is 0 Å². The number of hydrogen-bond acceptors (Lipinski definition) is 2. The van der Waals surface area contributed by atoms with E-state index in [9.17, 15) is 18.4 Å². The molecule has 1 aromatic carbocycles. The number of benzene rings is 1. The molecule has 1 aromatic rings. The number of carboxylic acid groups (broad SMARTS) is 1. The predicted molar refractivity (Wildman–Crippen MR) is 64.7 cm³/mol. The Hall–Kier alpha value is -2.24. The highest BCUT2D eigenvalue weighted by Gasteiger charge is 2.22. The summed E-state index contributed by atoms with van der Waals surface area (Å²) < 4.78 is 26.3. The van der Waals surface area contributed by atoms with Crippen LogP contribution in [0.5, 0.6) is 0 Å². The Bertz CT molecular complexity index is 503. The predicted octanol–water partition coefficient (Wildman–Crippen LogP) is 2.11. The summed E-state index contributed by atoms with van der Waals surface area (Å²) in [5, 5.41) is 11.0. The van der Waals surface area contributed by atoms with Crippen LogP contribution in [0.3, 0.4) is 0 Å². The maximum atomic E-state index is 13.4. The van der Waals surface area contributed by atoms with Crippen molar-refractivity contribution in [2.24, 2.45) is 0 Å². The SMILES string of the molecule is C=CCC[C@H](NC(=O)c1cccc(F)c1F)C(=O)O. The molecule has 0 aliphatic rings. The Morgan fingerprint density at radius 1 is 1.42 bits per heavy atom. The molecule has 0 fully saturated rings. The van der Waals surface area contributed by atoms with E-state index in [0.29, 0.717) is 6.42 Å². The minimum atomic E-state index is -1.30. The lowest BCUT2D eigenvalue weighted by Crippen LogP contribution is -2.41. The molecule has 102 valence electrons. The van der Waals surface area contributed by atoms with E-state index >= 15 is 0 Å². The van der Waals surface area contributed by atoms with Gasteiger partial charge < -0.3 is 10.4 Å². The molecule has 0 radical (unpaired) electrons. The summed E-state index contributed by atoms with van der Waals surface area (Å²) in [5.41, 5.74) is -0.523. The van der Waals surface area contributed by atoms with E-state index in [2.05, 4.69) is 11.9 Å². The number of aliphatic carboxylic acids is 1. The fourth-order valence-corrected chi connectivity index (χ4v) is 1.46. The molecule has 1 amide bonds. The van der Waals surface area contributed by atoms with Crippen molar-refractivity contribution in [2.45, 2.75) is 18.9 Å². The van der Waals surface area contributed by atoms with Gasteiger partial charge in [0.05, 0.1) is 5.56 Å². The molecule has 6 heteroatoms. The van der Waals surface area contributed by atoms with Gasteiger partial charge in [0.2, 0.25) is 0 Å². The van der Waals surface area contributed by atoms with Gasteiger partial charge in [0.25, 0.3) is 5.91 Å². The van der Waals surface area contributed by atoms with E-state index in [1.807, 2.05) is 0 Å². The summed E-state index contributed by atoms with van der Waals surface area (Å²) in [6, 6.07) is 1.96. The number of halogens is 2. The van der Waals surface area contributed by atoms with Crippen LogP contribution in [0.25, 0.3) is 0 Å². The van der Waals surface area contributed by atoms with Crippen LogP contribution in [0, 0.1) is 11.6 Å². The zero-order chi connectivity index (χ0) is 14.4. The third-order valence-corrected chi connectivity index (χ3v) is 2.46. The third-order valence-electron chi connectivity index (χ3n) is 2.46. The maximum Gasteiger partial charge on any atom is 0.326 e. The van der Waals surface area contributed by atoms with Gasteiger partial charge in [-0.05, 0) is 25.0 Å². The zero-order valence-corrected chi connectivity index (χ0v) is 10.0. The van der Waals surface area contributed by atoms with Crippen LogP contribution in [-0.4, -0.2) is 23.0 Å². The minimum absolute atomic E-state index is 0.126. The number of rotatable bonds is 6. The fourth-order valence-electron chi connectivity index (χ4n) is 1.46. The molecule has 0 aliphatic carbocycles. The van der Waals surface area contributed by atoms with E-state index in [0.717, 1.165) is 12.1 Å². The first kappa shape index (κ1) is 14.8. The summed E-state index contributed by atoms with van der Waals surface area (Å²) in [6.45, 7) is 3.44. The smallest absolute Gasteiger partial charge is 0.326 e. The van der Waals surface area contributed by atoms with Crippen LogP contribution in [-0.2, 0) is 4.79 Å². The quantitative estimate of drug-likeness (QED) is 0.777. The lowest BCUT2D eigenvalue weighted by Gasteiger charge is -2.14. The highest BCUT2D eigenvalue weighted by Crippen LogP contribution is 2.12. The molecule has 0 heterocycles. The molecule has 4 nitrogen and oxygen atoms in total. The van der Waals surface area contributed by atoms with Crippen LogP contribution in [0.1, 0.15) is 23.2 Å². The standard InChI is InChI=1S/C13H13F2NO3/c1-2-3-7-10(13(18)19)16-12(17)8-5-4-6-9(14)11(8)15/h2,4-6,10H,1,3,7H2,(H,16,17)(H,18,19)/t10-/m0/s1. The van der Waals surface area contributed by atoms with E-state index in [4.69, 9.17) is 5.11 Å². The number of allylic oxidation sites excluding steroid dienone is 1. The molecule has 2 N–H and O–H groups in total. The average molecular weight is 269 g/mol. The van der Waals surface area contributed by atoms with Gasteiger partial charge in [-0.3, -0.25) is 4.79 Å². The van der Waals surface area contributed by atoms with Crippen molar-refractivity contribution in [2.75, 3.05) is 0 Å². The second-order valence-electron chi connectivity index (χ2n) is 3.83. The van der Waals surface area contributed by atoms with Gasteiger partial charge in [0.15, 0.2) is 11.6 Å². The zero-order valence-electron chi connectivity index (χ0n) is 10.0. The molecule has 19 heavy (non-hydrogen) atoms. The van der Waals surface area contributed by atoms with Crippen LogP contribution in [0.2, 0.25) is 0 Å². The van der Waals surface area contributed by atoms with Gasteiger partial charge in [0.1, 0.15) is 6.04 Å². The molecule has 0 aromatic heterocycles. The Morgan fingerprint density at radius 3 is 2.68 bits per heavy atom. The molecular formula is C13H13F2NO3. The Morgan fingerprint density at radius 2 is 2.11 bits per heavy atom. The van der Waals surface area contributed by atoms with Crippen LogP contribution in [0.15, 0.2) is 30.9 Å². The Balaban J connectivity index is 2.84. The second kappa shape index (κ2) is 6.63. The first-order valence-corrected chi connectivity index (χ1v) is 5.56. The molecule has 1 atom stereocenters. The largest absolute Gasteiger partial charge is 0.480 e. The summed E-state index contributed by atoms with van der Waals surface area (Å²) in [6.07, 6.45) is 2.01. The topological polar surface area (TPSA) is 66.4 Å². The molecule has 1 rings (SSSR count). The van der Waals surface area contributed by atoms with Crippen molar-refractivity contribution in [1.82, 2.24) is 5.32 Å². The van der Waals surface area contributed by atoms with E-state index in [-0.39, 0.29) is 6.42 Å². The molecule has 0 aliphatic heterocycles. The maximum absolute atomic E-state index is 13.4. The summed E-state index contributed by atoms with van der Waals surface area (Å²) >= 11 is 0. The van der Waals surface area contributed by atoms with Crippen LogP contribution < -0.4 is 5.32 Å². The minimum Gasteiger partial charge on any atom is -0.480 e. The second-order valence-corrected chi connectivity index (χ2v) is 3.83. The van der Waals surface area contributed by atoms with Crippen molar-refractivity contribution in [1.29, 1.82) is 0 Å². The number of nitrogens with one attached hydrogen (secondary N) is 1. The van der Waals surface area contributed by atoms with Gasteiger partial charge in [-0.15, -0.1) is 6.58 Å². The van der Waals surface area contributed by atoms with Crippen molar-refractivity contribution in [3.8, 4) is 0 Å². The molecule has 0 bridgehead atoms. The van der Waals surface area contributed by atoms with Gasteiger partial charge in [-0.1, -0.05) is 12.1 Å². The lowest BCUT2D eigenvalue weighted by atomic mass is 10.1. The molecule has 0 saturated heterocycles. The van der Waals surface area contributed by atoms with Crippen LogP contribution in [0.4, 0.5) is 8.78 Å². The number of hydrogen-bond donors (Lipinski definition) is 2. The first-order valence-electron chi connectivity index (χ1n) is 5.56. The van der Waals surface area contributed by atoms with Gasteiger partial charge in [-0.25, -0.2) is 13.6 Å². The fraction of sp³-hybridized carbons (Fsp3) is 0.231. The van der Waals surface area contributed by atoms with Gasteiger partial charge >= 0.3 is 5.97 Å². The van der Waals surface area contributed by atoms with Crippen LogP contribution >= 0.6 is 0 Å². The highest BCUT2D eigenvalue weighted by molar-refractivity contribution is 5.96. The number of carboxylic acids is 1. The number of carbonyl (C=O) groups is 2. The first-order chi connectivity index (χ1) is 8.97.